The fourth-order valence-electron chi connectivity index (χ4n) is 2.24. The minimum absolute atomic E-state index is 0.00391. The van der Waals surface area contributed by atoms with Gasteiger partial charge in [0.1, 0.15) is 23.4 Å². The largest absolute Gasteiger partial charge is 0.456 e. The number of nitrogens with one attached hydrogen (secondary N) is 1. The van der Waals surface area contributed by atoms with Crippen molar-refractivity contribution < 1.29 is 28.2 Å². The van der Waals surface area contributed by atoms with E-state index in [4.69, 9.17) is 25.4 Å². The van der Waals surface area contributed by atoms with Crippen LogP contribution in [0.15, 0.2) is 36.4 Å². The summed E-state index contributed by atoms with van der Waals surface area (Å²) >= 11 is 6.00. The predicted molar refractivity (Wildman–Crippen MR) is 106 cm³/mol. The van der Waals surface area contributed by atoms with Crippen LogP contribution in [0.4, 0.5) is 17.1 Å². The molecule has 2 aromatic rings. The summed E-state index contributed by atoms with van der Waals surface area (Å²) in [6, 6.07) is 7.51. The van der Waals surface area contributed by atoms with E-state index >= 15 is 0 Å². The molecule has 0 radical (unpaired) electrons. The number of nitro benzene ring substituents is 2. The van der Waals surface area contributed by atoms with Gasteiger partial charge in [0.05, 0.1) is 14.9 Å². The third kappa shape index (κ3) is 6.13. The maximum atomic E-state index is 11.9. The summed E-state index contributed by atoms with van der Waals surface area (Å²) in [6.07, 6.45) is -0.886. The SMILES string of the molecule is COP(C)(=O)OC(C)Nc1cc(Oc2ccc([N+](=O)[O-])cc2Cl)ccc1[N+](=O)[O-]. The van der Waals surface area contributed by atoms with E-state index in [1.54, 1.807) is 0 Å². The van der Waals surface area contributed by atoms with E-state index in [1.165, 1.54) is 51.0 Å². The molecule has 0 aliphatic heterocycles. The molecule has 11 nitrogen and oxygen atoms in total. The molecule has 0 bridgehead atoms. The zero-order valence-electron chi connectivity index (χ0n) is 15.5. The Morgan fingerprint density at radius 1 is 1.14 bits per heavy atom. The van der Waals surface area contributed by atoms with Crippen molar-refractivity contribution >= 4 is 36.3 Å². The summed E-state index contributed by atoms with van der Waals surface area (Å²) in [7, 11) is -2.11. The topological polar surface area (TPSA) is 143 Å². The number of hydrogen-bond donors (Lipinski definition) is 1. The highest BCUT2D eigenvalue weighted by molar-refractivity contribution is 7.52. The molecule has 0 aromatic heterocycles. The van der Waals surface area contributed by atoms with Crippen LogP contribution in [0.5, 0.6) is 11.5 Å². The molecule has 2 rings (SSSR count). The number of benzene rings is 2. The summed E-state index contributed by atoms with van der Waals surface area (Å²) < 4.78 is 27.5. The Kier molecular flexibility index (Phi) is 7.15. The molecule has 2 atom stereocenters. The molecule has 156 valence electrons. The fourth-order valence-corrected chi connectivity index (χ4v) is 3.17. The van der Waals surface area contributed by atoms with Crippen LogP contribution in [-0.4, -0.2) is 29.8 Å². The van der Waals surface area contributed by atoms with Crippen molar-refractivity contribution in [2.24, 2.45) is 0 Å². The summed E-state index contributed by atoms with van der Waals surface area (Å²) in [5, 5.41) is 24.8. The van der Waals surface area contributed by atoms with Crippen LogP contribution in [-0.2, 0) is 13.6 Å². The first-order valence-corrected chi connectivity index (χ1v) is 10.4. The minimum atomic E-state index is -3.33. The van der Waals surface area contributed by atoms with Crippen molar-refractivity contribution in [2.75, 3.05) is 19.1 Å². The molecular weight excluding hydrogens is 429 g/mol. The maximum absolute atomic E-state index is 11.9. The number of nitro groups is 2. The van der Waals surface area contributed by atoms with E-state index in [9.17, 15) is 24.8 Å². The zero-order chi connectivity index (χ0) is 21.8. The van der Waals surface area contributed by atoms with Gasteiger partial charge in [-0.1, -0.05) is 11.6 Å². The van der Waals surface area contributed by atoms with Crippen LogP contribution in [0.3, 0.4) is 0 Å². The lowest BCUT2D eigenvalue weighted by Gasteiger charge is -2.20. The summed E-state index contributed by atoms with van der Waals surface area (Å²) in [4.78, 5) is 20.9. The number of nitrogens with zero attached hydrogens (tertiary/aromatic N) is 2. The molecule has 0 saturated heterocycles. The Labute approximate surface area is 170 Å². The highest BCUT2D eigenvalue weighted by atomic mass is 35.5. The first-order valence-electron chi connectivity index (χ1n) is 8.01. The molecule has 0 saturated carbocycles. The molecule has 0 fully saturated rings. The molecule has 0 amide bonds. The van der Waals surface area contributed by atoms with E-state index in [0.29, 0.717) is 0 Å². The Balaban J connectivity index is 2.29. The minimum Gasteiger partial charge on any atom is -0.456 e. The number of halogens is 1. The maximum Gasteiger partial charge on any atom is 0.329 e. The molecule has 13 heteroatoms. The van der Waals surface area contributed by atoms with Crippen molar-refractivity contribution in [3.05, 3.63) is 61.6 Å². The van der Waals surface area contributed by atoms with Crippen LogP contribution >= 0.6 is 19.2 Å². The van der Waals surface area contributed by atoms with E-state index in [0.717, 1.165) is 6.07 Å². The van der Waals surface area contributed by atoms with Gasteiger partial charge in [0.25, 0.3) is 11.4 Å². The van der Waals surface area contributed by atoms with Crippen LogP contribution in [0.25, 0.3) is 0 Å². The van der Waals surface area contributed by atoms with Gasteiger partial charge in [-0.05, 0) is 19.1 Å². The lowest BCUT2D eigenvalue weighted by atomic mass is 10.2. The average molecular weight is 446 g/mol. The summed E-state index contributed by atoms with van der Waals surface area (Å²) in [6.45, 7) is 2.76. The first-order chi connectivity index (χ1) is 13.5. The van der Waals surface area contributed by atoms with Crippen LogP contribution < -0.4 is 10.1 Å². The second kappa shape index (κ2) is 9.19. The van der Waals surface area contributed by atoms with Crippen molar-refractivity contribution in [3.8, 4) is 11.5 Å². The normalized spacial score (nSPS) is 13.9. The quantitative estimate of drug-likeness (QED) is 0.238. The van der Waals surface area contributed by atoms with Crippen LogP contribution in [0.2, 0.25) is 5.02 Å². The van der Waals surface area contributed by atoms with Gasteiger partial charge in [0.2, 0.25) is 0 Å². The van der Waals surface area contributed by atoms with Gasteiger partial charge in [0.15, 0.2) is 0 Å². The summed E-state index contributed by atoms with van der Waals surface area (Å²) in [5.41, 5.74) is -0.443. The first kappa shape index (κ1) is 22.6. The van der Waals surface area contributed by atoms with Crippen molar-refractivity contribution in [1.29, 1.82) is 0 Å². The van der Waals surface area contributed by atoms with Gasteiger partial charge in [-0.3, -0.25) is 29.3 Å². The standard InChI is InChI=1S/C16H17ClN3O8P/c1-10(28-29(3,25)26-2)18-14-9-12(5-6-15(14)20(23)24)27-16-7-4-11(19(21)22)8-13(16)17/h4-10,18H,1-3H3. The Morgan fingerprint density at radius 3 is 2.38 bits per heavy atom. The molecular formula is C16H17ClN3O8P. The zero-order valence-corrected chi connectivity index (χ0v) is 17.2. The van der Waals surface area contributed by atoms with E-state index in [2.05, 4.69) is 5.32 Å². The number of non-ortho nitro benzene ring substituents is 1. The molecule has 2 aromatic carbocycles. The molecule has 0 heterocycles. The molecule has 0 spiro atoms. The van der Waals surface area contributed by atoms with Gasteiger partial charge in [-0.15, -0.1) is 0 Å². The lowest BCUT2D eigenvalue weighted by Crippen LogP contribution is -2.18. The summed E-state index contributed by atoms with van der Waals surface area (Å²) in [5.74, 6) is 0.297. The number of hydrogen-bond acceptors (Lipinski definition) is 9. The molecule has 29 heavy (non-hydrogen) atoms. The molecule has 1 N–H and O–H groups in total. The second-order valence-corrected chi connectivity index (χ2v) is 8.28. The smallest absolute Gasteiger partial charge is 0.329 e. The predicted octanol–water partition coefficient (Wildman–Crippen LogP) is 5.19. The molecule has 0 aliphatic rings. The third-order valence-corrected chi connectivity index (χ3v) is 5.22. The van der Waals surface area contributed by atoms with E-state index in [1.807, 2.05) is 0 Å². The highest BCUT2D eigenvalue weighted by Gasteiger charge is 2.22. The van der Waals surface area contributed by atoms with Crippen LogP contribution in [0, 0.1) is 20.2 Å². The Morgan fingerprint density at radius 2 is 1.83 bits per heavy atom. The monoisotopic (exact) mass is 445 g/mol. The number of rotatable bonds is 9. The van der Waals surface area contributed by atoms with Gasteiger partial charge in [-0.25, -0.2) is 0 Å². The average Bonchev–Trinajstić information content (AvgIpc) is 2.62. The van der Waals surface area contributed by atoms with Gasteiger partial charge < -0.3 is 14.6 Å². The Bertz CT molecular complexity index is 987. The third-order valence-electron chi connectivity index (χ3n) is 3.56. The van der Waals surface area contributed by atoms with Gasteiger partial charge >= 0.3 is 7.60 Å². The number of ether oxygens (including phenoxy) is 1. The fraction of sp³-hybridized carbons (Fsp3) is 0.250. The molecule has 0 aliphatic carbocycles. The molecule has 2 unspecified atom stereocenters. The highest BCUT2D eigenvalue weighted by Crippen LogP contribution is 2.44. The lowest BCUT2D eigenvalue weighted by molar-refractivity contribution is -0.384. The van der Waals surface area contributed by atoms with E-state index < -0.39 is 23.7 Å². The van der Waals surface area contributed by atoms with Crippen molar-refractivity contribution in [1.82, 2.24) is 0 Å². The van der Waals surface area contributed by atoms with Gasteiger partial charge in [0, 0.05) is 38.0 Å². The van der Waals surface area contributed by atoms with Crippen LogP contribution in [0.1, 0.15) is 6.92 Å². The number of anilines is 1. The van der Waals surface area contributed by atoms with Gasteiger partial charge in [-0.2, -0.15) is 0 Å². The Hall–Kier alpha value is -2.72. The van der Waals surface area contributed by atoms with E-state index in [-0.39, 0.29) is 33.6 Å². The van der Waals surface area contributed by atoms with Crippen molar-refractivity contribution in [2.45, 2.75) is 13.2 Å². The second-order valence-electron chi connectivity index (χ2n) is 5.76. The van der Waals surface area contributed by atoms with Crippen molar-refractivity contribution in [3.63, 3.8) is 0 Å².